The van der Waals surface area contributed by atoms with Crippen molar-refractivity contribution < 1.29 is 0 Å². The maximum Gasteiger partial charge on any atom is 0.0965 e. The van der Waals surface area contributed by atoms with Gasteiger partial charge in [-0.05, 0) is 72.8 Å². The minimum atomic E-state index is 0.848. The number of aromatic nitrogens is 2. The number of benzene rings is 6. The summed E-state index contributed by atoms with van der Waals surface area (Å²) in [5, 5.41) is 0. The van der Waals surface area contributed by atoms with Gasteiger partial charge in [0.15, 0.2) is 0 Å². The topological polar surface area (TPSA) is 32.3 Å². The molecule has 7 rings (SSSR count). The predicted molar refractivity (Wildman–Crippen MR) is 182 cm³/mol. The third-order valence-electron chi connectivity index (χ3n) is 7.55. The third kappa shape index (κ3) is 5.57. The molecule has 4 nitrogen and oxygen atoms in total. The van der Waals surface area contributed by atoms with Crippen LogP contribution in [0, 0.1) is 0 Å². The van der Waals surface area contributed by atoms with E-state index in [4.69, 9.17) is 9.97 Å². The average molecular weight is 567 g/mol. The molecular formula is C40H30N4. The Balaban J connectivity index is 1.22. The minimum Gasteiger partial charge on any atom is -0.311 e. The largest absolute Gasteiger partial charge is 0.311 e. The fourth-order valence-electron chi connectivity index (χ4n) is 5.50. The zero-order valence-electron chi connectivity index (χ0n) is 24.1. The van der Waals surface area contributed by atoms with E-state index in [1.807, 2.05) is 24.3 Å². The highest BCUT2D eigenvalue weighted by Crippen LogP contribution is 2.38. The van der Waals surface area contributed by atoms with Crippen molar-refractivity contribution in [2.24, 2.45) is 0 Å². The van der Waals surface area contributed by atoms with E-state index in [-0.39, 0.29) is 0 Å². The van der Waals surface area contributed by atoms with Gasteiger partial charge in [0.2, 0.25) is 0 Å². The Morgan fingerprint density at radius 2 is 0.523 bits per heavy atom. The molecule has 0 aliphatic carbocycles. The maximum absolute atomic E-state index is 4.78. The van der Waals surface area contributed by atoms with E-state index in [1.165, 1.54) is 0 Å². The molecule has 210 valence electrons. The second kappa shape index (κ2) is 12.5. The number of rotatable bonds is 8. The second-order valence-electron chi connectivity index (χ2n) is 10.4. The van der Waals surface area contributed by atoms with Crippen molar-refractivity contribution in [1.29, 1.82) is 0 Å². The van der Waals surface area contributed by atoms with Gasteiger partial charge in [-0.25, -0.2) is 0 Å². The van der Waals surface area contributed by atoms with Crippen molar-refractivity contribution in [3.63, 3.8) is 0 Å². The Bertz CT molecular complexity index is 1700. The van der Waals surface area contributed by atoms with Gasteiger partial charge in [-0.15, -0.1) is 0 Å². The molecule has 0 amide bonds. The van der Waals surface area contributed by atoms with Crippen LogP contribution in [0.25, 0.3) is 22.5 Å². The van der Waals surface area contributed by atoms with E-state index >= 15 is 0 Å². The SMILES string of the molecule is c1ccc(N(c2ccccc2)c2ccc(-c3nccnc3-c3ccc(N(c4ccccc4)c4ccccc4)cc3)cc2)cc1. The van der Waals surface area contributed by atoms with Crippen LogP contribution < -0.4 is 9.80 Å². The molecule has 0 saturated heterocycles. The van der Waals surface area contributed by atoms with Gasteiger partial charge in [0.1, 0.15) is 0 Å². The molecule has 1 heterocycles. The molecule has 1 aromatic heterocycles. The summed E-state index contributed by atoms with van der Waals surface area (Å²) in [6.45, 7) is 0. The first-order valence-corrected chi connectivity index (χ1v) is 14.7. The number of hydrogen-bond acceptors (Lipinski definition) is 4. The summed E-state index contributed by atoms with van der Waals surface area (Å²) in [5.41, 5.74) is 10.3. The van der Waals surface area contributed by atoms with Crippen molar-refractivity contribution >= 4 is 34.1 Å². The lowest BCUT2D eigenvalue weighted by molar-refractivity contribution is 1.21. The molecule has 4 heteroatoms. The zero-order chi connectivity index (χ0) is 29.6. The Labute approximate surface area is 258 Å². The molecule has 0 aliphatic heterocycles. The Hall–Kier alpha value is -6.00. The summed E-state index contributed by atoms with van der Waals surface area (Å²) in [7, 11) is 0. The predicted octanol–water partition coefficient (Wildman–Crippen LogP) is 10.8. The molecule has 6 aromatic carbocycles. The van der Waals surface area contributed by atoms with E-state index in [2.05, 4.69) is 155 Å². The van der Waals surface area contributed by atoms with E-state index in [9.17, 15) is 0 Å². The van der Waals surface area contributed by atoms with Crippen LogP contribution in [-0.2, 0) is 0 Å². The molecule has 7 aromatic rings. The van der Waals surface area contributed by atoms with Gasteiger partial charge < -0.3 is 9.80 Å². The lowest BCUT2D eigenvalue weighted by atomic mass is 10.0. The molecule has 0 radical (unpaired) electrons. The highest BCUT2D eigenvalue weighted by atomic mass is 15.1. The molecular weight excluding hydrogens is 536 g/mol. The Morgan fingerprint density at radius 1 is 0.273 bits per heavy atom. The van der Waals surface area contributed by atoms with Crippen LogP contribution >= 0.6 is 0 Å². The third-order valence-corrected chi connectivity index (χ3v) is 7.55. The number of anilines is 6. The Kier molecular flexibility index (Phi) is 7.62. The van der Waals surface area contributed by atoms with Crippen LogP contribution in [0.1, 0.15) is 0 Å². The zero-order valence-corrected chi connectivity index (χ0v) is 24.1. The van der Waals surface area contributed by atoms with E-state index in [0.717, 1.165) is 56.6 Å². The molecule has 0 atom stereocenters. The van der Waals surface area contributed by atoms with Crippen LogP contribution in [0.4, 0.5) is 34.1 Å². The van der Waals surface area contributed by atoms with Crippen molar-refractivity contribution in [2.45, 2.75) is 0 Å². The molecule has 0 saturated carbocycles. The van der Waals surface area contributed by atoms with Gasteiger partial charge in [0.05, 0.1) is 11.4 Å². The van der Waals surface area contributed by atoms with Gasteiger partial charge >= 0.3 is 0 Å². The lowest BCUT2D eigenvalue weighted by Crippen LogP contribution is -2.09. The van der Waals surface area contributed by atoms with Gasteiger partial charge in [-0.3, -0.25) is 9.97 Å². The van der Waals surface area contributed by atoms with E-state index < -0.39 is 0 Å². The van der Waals surface area contributed by atoms with E-state index in [0.29, 0.717) is 0 Å². The standard InChI is InChI=1S/C40H30N4/c1-5-13-33(14-6-1)43(34-15-7-2-8-16-34)37-25-21-31(22-26-37)39-40(42-30-29-41-39)32-23-27-38(28-24-32)44(35-17-9-3-10-18-35)36-19-11-4-12-20-36/h1-30H. The maximum atomic E-state index is 4.78. The molecule has 0 aliphatic rings. The molecule has 0 spiro atoms. The molecule has 0 bridgehead atoms. The summed E-state index contributed by atoms with van der Waals surface area (Å²) >= 11 is 0. The summed E-state index contributed by atoms with van der Waals surface area (Å²) in [6.07, 6.45) is 3.52. The molecule has 0 N–H and O–H groups in total. The molecule has 44 heavy (non-hydrogen) atoms. The number of hydrogen-bond donors (Lipinski definition) is 0. The highest BCUT2D eigenvalue weighted by Gasteiger charge is 2.16. The molecule has 0 unspecified atom stereocenters. The van der Waals surface area contributed by atoms with E-state index in [1.54, 1.807) is 12.4 Å². The molecule has 0 fully saturated rings. The highest BCUT2D eigenvalue weighted by molar-refractivity contribution is 5.83. The van der Waals surface area contributed by atoms with Gasteiger partial charge in [-0.1, -0.05) is 97.1 Å². The Morgan fingerprint density at radius 3 is 0.795 bits per heavy atom. The van der Waals surface area contributed by atoms with Gasteiger partial charge in [0.25, 0.3) is 0 Å². The quantitative estimate of drug-likeness (QED) is 0.183. The monoisotopic (exact) mass is 566 g/mol. The van der Waals surface area contributed by atoms with Crippen LogP contribution in [0.2, 0.25) is 0 Å². The van der Waals surface area contributed by atoms with Crippen molar-refractivity contribution in [2.75, 3.05) is 9.80 Å². The minimum absolute atomic E-state index is 0.848. The average Bonchev–Trinajstić information content (AvgIpc) is 3.11. The van der Waals surface area contributed by atoms with Crippen LogP contribution in [-0.4, -0.2) is 9.97 Å². The lowest BCUT2D eigenvalue weighted by Gasteiger charge is -2.25. The van der Waals surface area contributed by atoms with Crippen LogP contribution in [0.15, 0.2) is 182 Å². The fraction of sp³-hybridized carbons (Fsp3) is 0. The summed E-state index contributed by atoms with van der Waals surface area (Å²) in [4.78, 5) is 14.1. The summed E-state index contributed by atoms with van der Waals surface area (Å²) in [6, 6.07) is 58.8. The summed E-state index contributed by atoms with van der Waals surface area (Å²) in [5.74, 6) is 0. The smallest absolute Gasteiger partial charge is 0.0965 e. The van der Waals surface area contributed by atoms with Crippen LogP contribution in [0.3, 0.4) is 0 Å². The fourth-order valence-corrected chi connectivity index (χ4v) is 5.50. The normalized spacial score (nSPS) is 10.7. The number of para-hydroxylation sites is 4. The van der Waals surface area contributed by atoms with Crippen molar-refractivity contribution in [1.82, 2.24) is 9.97 Å². The summed E-state index contributed by atoms with van der Waals surface area (Å²) < 4.78 is 0. The van der Waals surface area contributed by atoms with Crippen molar-refractivity contribution in [3.8, 4) is 22.5 Å². The van der Waals surface area contributed by atoms with Crippen LogP contribution in [0.5, 0.6) is 0 Å². The van der Waals surface area contributed by atoms with Gasteiger partial charge in [-0.2, -0.15) is 0 Å². The first-order chi connectivity index (χ1) is 21.8. The van der Waals surface area contributed by atoms with Gasteiger partial charge in [0, 0.05) is 57.6 Å². The second-order valence-corrected chi connectivity index (χ2v) is 10.4. The number of nitrogens with zero attached hydrogens (tertiary/aromatic N) is 4. The first kappa shape index (κ1) is 26.9. The first-order valence-electron chi connectivity index (χ1n) is 14.7. The van der Waals surface area contributed by atoms with Crippen molar-refractivity contribution in [3.05, 3.63) is 182 Å².